The standard InChI is InChI=1S/C11H12N2O3/c1-7-10(11(14)15)5-9(16-7)6-13-4-3-12-8(13)2/h3-5H,6H2,1-2H3,(H,14,15). The van der Waals surface area contributed by atoms with Gasteiger partial charge in [-0.1, -0.05) is 0 Å². The monoisotopic (exact) mass is 220 g/mol. The summed E-state index contributed by atoms with van der Waals surface area (Å²) in [6, 6.07) is 1.55. The fourth-order valence-corrected chi connectivity index (χ4v) is 1.57. The van der Waals surface area contributed by atoms with Gasteiger partial charge in [-0.15, -0.1) is 0 Å². The van der Waals surface area contributed by atoms with Gasteiger partial charge in [-0.3, -0.25) is 0 Å². The van der Waals surface area contributed by atoms with Crippen LogP contribution in [0.2, 0.25) is 0 Å². The Bertz CT molecular complexity index is 525. The van der Waals surface area contributed by atoms with Crippen LogP contribution in [-0.4, -0.2) is 20.6 Å². The lowest BCUT2D eigenvalue weighted by Crippen LogP contribution is -1.99. The molecule has 0 aromatic carbocycles. The zero-order valence-electron chi connectivity index (χ0n) is 9.10. The predicted molar refractivity (Wildman–Crippen MR) is 56.5 cm³/mol. The van der Waals surface area contributed by atoms with Crippen LogP contribution in [0, 0.1) is 13.8 Å². The number of furan rings is 1. The van der Waals surface area contributed by atoms with E-state index < -0.39 is 5.97 Å². The molecule has 0 spiro atoms. The highest BCUT2D eigenvalue weighted by Gasteiger charge is 2.14. The average Bonchev–Trinajstić information content (AvgIpc) is 2.75. The van der Waals surface area contributed by atoms with Crippen molar-refractivity contribution in [3.8, 4) is 0 Å². The highest BCUT2D eigenvalue weighted by atomic mass is 16.4. The van der Waals surface area contributed by atoms with Crippen molar-refractivity contribution in [2.75, 3.05) is 0 Å². The van der Waals surface area contributed by atoms with Crippen molar-refractivity contribution in [1.82, 2.24) is 9.55 Å². The van der Waals surface area contributed by atoms with Gasteiger partial charge in [0.05, 0.1) is 6.54 Å². The van der Waals surface area contributed by atoms with Gasteiger partial charge in [-0.25, -0.2) is 9.78 Å². The number of carboxylic acids is 1. The van der Waals surface area contributed by atoms with Crippen LogP contribution in [0.25, 0.3) is 0 Å². The van der Waals surface area contributed by atoms with E-state index in [2.05, 4.69) is 4.98 Å². The third-order valence-electron chi connectivity index (χ3n) is 2.45. The van der Waals surface area contributed by atoms with E-state index in [0.717, 1.165) is 5.82 Å². The molecule has 5 heteroatoms. The molecular formula is C11H12N2O3. The molecule has 2 rings (SSSR count). The Morgan fingerprint density at radius 2 is 2.31 bits per heavy atom. The molecule has 0 fully saturated rings. The Balaban J connectivity index is 2.26. The maximum Gasteiger partial charge on any atom is 0.339 e. The lowest BCUT2D eigenvalue weighted by atomic mass is 10.2. The summed E-state index contributed by atoms with van der Waals surface area (Å²) in [6.07, 6.45) is 3.52. The summed E-state index contributed by atoms with van der Waals surface area (Å²) in [5.74, 6) is 0.956. The van der Waals surface area contributed by atoms with Crippen molar-refractivity contribution < 1.29 is 14.3 Å². The number of aromatic nitrogens is 2. The van der Waals surface area contributed by atoms with E-state index in [0.29, 0.717) is 18.1 Å². The molecule has 0 bridgehead atoms. The van der Waals surface area contributed by atoms with E-state index in [1.54, 1.807) is 19.2 Å². The van der Waals surface area contributed by atoms with Gasteiger partial charge in [0, 0.05) is 12.4 Å². The molecule has 2 aromatic heterocycles. The van der Waals surface area contributed by atoms with E-state index in [1.807, 2.05) is 17.7 Å². The molecular weight excluding hydrogens is 208 g/mol. The third-order valence-corrected chi connectivity index (χ3v) is 2.45. The highest BCUT2D eigenvalue weighted by Crippen LogP contribution is 2.16. The van der Waals surface area contributed by atoms with Crippen molar-refractivity contribution in [3.63, 3.8) is 0 Å². The Morgan fingerprint density at radius 1 is 1.56 bits per heavy atom. The van der Waals surface area contributed by atoms with Crippen LogP contribution in [0.5, 0.6) is 0 Å². The number of rotatable bonds is 3. The summed E-state index contributed by atoms with van der Waals surface area (Å²) in [6.45, 7) is 4.03. The number of carbonyl (C=O) groups is 1. The topological polar surface area (TPSA) is 68.3 Å². The minimum Gasteiger partial charge on any atom is -0.478 e. The number of aromatic carboxylic acids is 1. The Morgan fingerprint density at radius 3 is 2.81 bits per heavy atom. The van der Waals surface area contributed by atoms with Gasteiger partial charge in [0.1, 0.15) is 22.9 Å². The largest absolute Gasteiger partial charge is 0.478 e. The van der Waals surface area contributed by atoms with Crippen LogP contribution in [-0.2, 0) is 6.54 Å². The fourth-order valence-electron chi connectivity index (χ4n) is 1.57. The van der Waals surface area contributed by atoms with Crippen LogP contribution < -0.4 is 0 Å². The first-order valence-corrected chi connectivity index (χ1v) is 4.88. The van der Waals surface area contributed by atoms with E-state index in [9.17, 15) is 4.79 Å². The van der Waals surface area contributed by atoms with E-state index in [1.165, 1.54) is 0 Å². The van der Waals surface area contributed by atoms with Crippen molar-refractivity contribution in [1.29, 1.82) is 0 Å². The Kier molecular flexibility index (Phi) is 2.52. The molecule has 16 heavy (non-hydrogen) atoms. The number of carboxylic acid groups (broad SMARTS) is 1. The second-order valence-electron chi connectivity index (χ2n) is 3.59. The summed E-state index contributed by atoms with van der Waals surface area (Å²) < 4.78 is 7.27. The summed E-state index contributed by atoms with van der Waals surface area (Å²) in [5, 5.41) is 8.88. The maximum absolute atomic E-state index is 10.8. The normalized spacial score (nSPS) is 10.6. The van der Waals surface area contributed by atoms with Gasteiger partial charge in [-0.2, -0.15) is 0 Å². The van der Waals surface area contributed by atoms with Crippen LogP contribution >= 0.6 is 0 Å². The Hall–Kier alpha value is -2.04. The number of aryl methyl sites for hydroxylation is 2. The minimum atomic E-state index is -0.963. The molecule has 0 aliphatic carbocycles. The second-order valence-corrected chi connectivity index (χ2v) is 3.59. The number of imidazole rings is 1. The summed E-state index contributed by atoms with van der Waals surface area (Å²) in [7, 11) is 0. The van der Waals surface area contributed by atoms with Gasteiger partial charge in [0.2, 0.25) is 0 Å². The van der Waals surface area contributed by atoms with Crippen LogP contribution in [0.3, 0.4) is 0 Å². The smallest absolute Gasteiger partial charge is 0.339 e. The lowest BCUT2D eigenvalue weighted by molar-refractivity contribution is 0.0695. The predicted octanol–water partition coefficient (Wildman–Crippen LogP) is 1.84. The minimum absolute atomic E-state index is 0.216. The molecule has 0 aliphatic rings. The molecule has 0 aliphatic heterocycles. The molecule has 5 nitrogen and oxygen atoms in total. The maximum atomic E-state index is 10.8. The first-order chi connectivity index (χ1) is 7.58. The molecule has 0 saturated carbocycles. The lowest BCUT2D eigenvalue weighted by Gasteiger charge is -2.00. The molecule has 84 valence electrons. The molecule has 0 amide bonds. The van der Waals surface area contributed by atoms with E-state index in [-0.39, 0.29) is 5.56 Å². The van der Waals surface area contributed by atoms with Crippen LogP contribution in [0.4, 0.5) is 0 Å². The molecule has 1 N–H and O–H groups in total. The number of hydrogen-bond donors (Lipinski definition) is 1. The SMILES string of the molecule is Cc1oc(Cn2ccnc2C)cc1C(=O)O. The van der Waals surface area contributed by atoms with E-state index in [4.69, 9.17) is 9.52 Å². The summed E-state index contributed by atoms with van der Waals surface area (Å²) in [5.41, 5.74) is 0.216. The third kappa shape index (κ3) is 1.84. The number of nitrogens with zero attached hydrogens (tertiary/aromatic N) is 2. The second kappa shape index (κ2) is 3.84. The number of hydrogen-bond acceptors (Lipinski definition) is 3. The molecule has 2 heterocycles. The zero-order chi connectivity index (χ0) is 11.7. The van der Waals surface area contributed by atoms with E-state index >= 15 is 0 Å². The average molecular weight is 220 g/mol. The highest BCUT2D eigenvalue weighted by molar-refractivity contribution is 5.88. The van der Waals surface area contributed by atoms with Crippen LogP contribution in [0.1, 0.15) is 27.7 Å². The van der Waals surface area contributed by atoms with Gasteiger partial charge in [0.15, 0.2) is 0 Å². The van der Waals surface area contributed by atoms with Crippen molar-refractivity contribution >= 4 is 5.97 Å². The fraction of sp³-hybridized carbons (Fsp3) is 0.273. The zero-order valence-corrected chi connectivity index (χ0v) is 9.10. The molecule has 2 aromatic rings. The summed E-state index contributed by atoms with van der Waals surface area (Å²) >= 11 is 0. The van der Waals surface area contributed by atoms with Gasteiger partial charge in [0.25, 0.3) is 0 Å². The Labute approximate surface area is 92.3 Å². The van der Waals surface area contributed by atoms with Crippen LogP contribution in [0.15, 0.2) is 22.9 Å². The van der Waals surface area contributed by atoms with Crippen molar-refractivity contribution in [2.45, 2.75) is 20.4 Å². The molecule has 0 atom stereocenters. The molecule has 0 radical (unpaired) electrons. The molecule has 0 saturated heterocycles. The van der Waals surface area contributed by atoms with Gasteiger partial charge >= 0.3 is 5.97 Å². The summed E-state index contributed by atoms with van der Waals surface area (Å²) in [4.78, 5) is 14.9. The van der Waals surface area contributed by atoms with Crippen molar-refractivity contribution in [2.24, 2.45) is 0 Å². The van der Waals surface area contributed by atoms with Crippen molar-refractivity contribution in [3.05, 3.63) is 41.4 Å². The first kappa shape index (κ1) is 10.5. The molecule has 0 unspecified atom stereocenters. The first-order valence-electron chi connectivity index (χ1n) is 4.88. The van der Waals surface area contributed by atoms with Gasteiger partial charge in [-0.05, 0) is 19.9 Å². The van der Waals surface area contributed by atoms with Gasteiger partial charge < -0.3 is 14.1 Å². The quantitative estimate of drug-likeness (QED) is 0.856.